The maximum absolute atomic E-state index is 12.9. The van der Waals surface area contributed by atoms with Crippen LogP contribution in [0.25, 0.3) is 0 Å². The molecule has 1 aromatic heterocycles. The lowest BCUT2D eigenvalue weighted by atomic mass is 10.2. The van der Waals surface area contributed by atoms with Gasteiger partial charge in [0.15, 0.2) is 0 Å². The van der Waals surface area contributed by atoms with Crippen LogP contribution in [0.3, 0.4) is 0 Å². The summed E-state index contributed by atoms with van der Waals surface area (Å²) in [6, 6.07) is 9.04. The fraction of sp³-hybridized carbons (Fsp3) is 0.0769. The zero-order valence-electron chi connectivity index (χ0n) is 9.45. The van der Waals surface area contributed by atoms with E-state index >= 15 is 0 Å². The Morgan fingerprint density at radius 3 is 2.78 bits per heavy atom. The van der Waals surface area contributed by atoms with Crippen LogP contribution < -0.4 is 4.74 Å². The second-order valence-corrected chi connectivity index (χ2v) is 4.00. The van der Waals surface area contributed by atoms with E-state index in [0.717, 1.165) is 6.07 Å². The lowest BCUT2D eigenvalue weighted by Crippen LogP contribution is -1.94. The normalized spacial score (nSPS) is 9.89. The van der Waals surface area contributed by atoms with E-state index in [1.54, 1.807) is 19.1 Å². The molecule has 0 radical (unpaired) electrons. The molecule has 0 unspecified atom stereocenters. The van der Waals surface area contributed by atoms with Gasteiger partial charge in [-0.15, -0.1) is 0 Å². The molecule has 0 aliphatic rings. The molecule has 3 nitrogen and oxygen atoms in total. The van der Waals surface area contributed by atoms with E-state index in [9.17, 15) is 4.39 Å². The molecule has 90 valence electrons. The minimum atomic E-state index is -0.454. The van der Waals surface area contributed by atoms with Crippen LogP contribution in [-0.4, -0.2) is 4.98 Å². The van der Waals surface area contributed by atoms with Crippen molar-refractivity contribution in [3.8, 4) is 17.7 Å². The third kappa shape index (κ3) is 2.58. The van der Waals surface area contributed by atoms with Crippen molar-refractivity contribution in [3.63, 3.8) is 0 Å². The number of aromatic nitrogens is 1. The van der Waals surface area contributed by atoms with E-state index in [0.29, 0.717) is 11.3 Å². The van der Waals surface area contributed by atoms with Crippen molar-refractivity contribution < 1.29 is 9.13 Å². The van der Waals surface area contributed by atoms with Crippen molar-refractivity contribution in [2.24, 2.45) is 0 Å². The van der Waals surface area contributed by atoms with E-state index in [-0.39, 0.29) is 16.7 Å². The topological polar surface area (TPSA) is 45.9 Å². The van der Waals surface area contributed by atoms with Gasteiger partial charge < -0.3 is 4.74 Å². The summed E-state index contributed by atoms with van der Waals surface area (Å²) in [5.74, 6) is -0.0382. The monoisotopic (exact) mass is 262 g/mol. The first-order valence-corrected chi connectivity index (χ1v) is 5.48. The Hall–Kier alpha value is -2.12. The average Bonchev–Trinajstić information content (AvgIpc) is 2.33. The predicted molar refractivity (Wildman–Crippen MR) is 65.2 cm³/mol. The molecule has 0 spiro atoms. The maximum Gasteiger partial charge on any atom is 0.237 e. The second kappa shape index (κ2) is 5.03. The molecule has 2 rings (SSSR count). The minimum Gasteiger partial charge on any atom is -0.436 e. The van der Waals surface area contributed by atoms with Crippen LogP contribution in [0.4, 0.5) is 4.39 Å². The lowest BCUT2D eigenvalue weighted by Gasteiger charge is -2.08. The quantitative estimate of drug-likeness (QED) is 0.826. The smallest absolute Gasteiger partial charge is 0.237 e. The van der Waals surface area contributed by atoms with Gasteiger partial charge in [0.1, 0.15) is 23.2 Å². The van der Waals surface area contributed by atoms with Crippen molar-refractivity contribution in [2.45, 2.75) is 6.92 Å². The van der Waals surface area contributed by atoms with E-state index < -0.39 is 5.82 Å². The molecule has 0 saturated carbocycles. The fourth-order valence-electron chi connectivity index (χ4n) is 1.36. The Bertz CT molecular complexity index is 637. The molecule has 0 N–H and O–H groups in total. The van der Waals surface area contributed by atoms with Gasteiger partial charge in [0, 0.05) is 5.69 Å². The van der Waals surface area contributed by atoms with Gasteiger partial charge >= 0.3 is 0 Å². The first-order valence-electron chi connectivity index (χ1n) is 5.11. The van der Waals surface area contributed by atoms with Gasteiger partial charge in [-0.3, -0.25) is 0 Å². The molecule has 18 heavy (non-hydrogen) atoms. The van der Waals surface area contributed by atoms with Gasteiger partial charge in [-0.25, -0.2) is 9.37 Å². The molecule has 0 bridgehead atoms. The molecule has 1 heterocycles. The summed E-state index contributed by atoms with van der Waals surface area (Å²) in [4.78, 5) is 4.11. The molecule has 0 amide bonds. The van der Waals surface area contributed by atoms with Gasteiger partial charge in [-0.1, -0.05) is 11.6 Å². The highest BCUT2D eigenvalue weighted by Gasteiger charge is 2.10. The standard InChI is InChI=1S/C13H8ClFN2O/c1-8-2-3-9(7-16)13(17-8)18-12-5-4-10(15)6-11(12)14/h2-6H,1H3. The van der Waals surface area contributed by atoms with Gasteiger partial charge in [0.05, 0.1) is 5.02 Å². The number of nitriles is 1. The number of rotatable bonds is 2. The van der Waals surface area contributed by atoms with Crippen molar-refractivity contribution >= 4 is 11.6 Å². The maximum atomic E-state index is 12.9. The zero-order valence-corrected chi connectivity index (χ0v) is 10.2. The number of benzene rings is 1. The number of aryl methyl sites for hydroxylation is 1. The predicted octanol–water partition coefficient (Wildman–Crippen LogP) is 3.85. The highest BCUT2D eigenvalue weighted by Crippen LogP contribution is 2.30. The first kappa shape index (κ1) is 12.3. The molecule has 1 aromatic carbocycles. The third-order valence-electron chi connectivity index (χ3n) is 2.22. The summed E-state index contributed by atoms with van der Waals surface area (Å²) >= 11 is 5.84. The van der Waals surface area contributed by atoms with Crippen LogP contribution >= 0.6 is 11.6 Å². The fourth-order valence-corrected chi connectivity index (χ4v) is 1.56. The van der Waals surface area contributed by atoms with Crippen molar-refractivity contribution in [2.75, 3.05) is 0 Å². The van der Waals surface area contributed by atoms with Crippen LogP contribution in [0, 0.1) is 24.1 Å². The molecule has 5 heteroatoms. The van der Waals surface area contributed by atoms with Crippen molar-refractivity contribution in [3.05, 3.63) is 52.4 Å². The molecule has 0 aliphatic heterocycles. The van der Waals surface area contributed by atoms with Gasteiger partial charge in [0.2, 0.25) is 5.88 Å². The van der Waals surface area contributed by atoms with E-state index in [2.05, 4.69) is 4.98 Å². The second-order valence-electron chi connectivity index (χ2n) is 3.59. The molecule has 0 fully saturated rings. The van der Waals surface area contributed by atoms with Crippen molar-refractivity contribution in [1.29, 1.82) is 5.26 Å². The number of halogens is 2. The number of hydrogen-bond donors (Lipinski definition) is 0. The summed E-state index contributed by atoms with van der Waals surface area (Å²) in [6.45, 7) is 1.78. The Balaban J connectivity index is 2.40. The number of nitrogens with zero attached hydrogens (tertiary/aromatic N) is 2. The summed E-state index contributed by atoms with van der Waals surface area (Å²) in [6.07, 6.45) is 0. The van der Waals surface area contributed by atoms with Crippen LogP contribution in [0.2, 0.25) is 5.02 Å². The first-order chi connectivity index (χ1) is 8.60. The van der Waals surface area contributed by atoms with Crippen LogP contribution in [-0.2, 0) is 0 Å². The van der Waals surface area contributed by atoms with E-state index in [1.807, 2.05) is 6.07 Å². The highest BCUT2D eigenvalue weighted by atomic mass is 35.5. The van der Waals surface area contributed by atoms with E-state index in [1.165, 1.54) is 12.1 Å². The van der Waals surface area contributed by atoms with Crippen LogP contribution in [0.15, 0.2) is 30.3 Å². The lowest BCUT2D eigenvalue weighted by molar-refractivity contribution is 0.458. The number of pyridine rings is 1. The SMILES string of the molecule is Cc1ccc(C#N)c(Oc2ccc(F)cc2Cl)n1. The summed E-state index contributed by atoms with van der Waals surface area (Å²) in [7, 11) is 0. The molecule has 0 saturated heterocycles. The summed E-state index contributed by atoms with van der Waals surface area (Å²) in [5.41, 5.74) is 1.00. The number of ether oxygens (including phenoxy) is 1. The highest BCUT2D eigenvalue weighted by molar-refractivity contribution is 6.32. The number of hydrogen-bond acceptors (Lipinski definition) is 3. The zero-order chi connectivity index (χ0) is 13.1. The Labute approximate surface area is 108 Å². The minimum absolute atomic E-state index is 0.127. The van der Waals surface area contributed by atoms with Crippen LogP contribution in [0.5, 0.6) is 11.6 Å². The molecule has 0 atom stereocenters. The van der Waals surface area contributed by atoms with E-state index in [4.69, 9.17) is 21.6 Å². The Kier molecular flexibility index (Phi) is 3.45. The summed E-state index contributed by atoms with van der Waals surface area (Å²) in [5, 5.41) is 9.06. The van der Waals surface area contributed by atoms with Gasteiger partial charge in [-0.2, -0.15) is 5.26 Å². The molecule has 0 aliphatic carbocycles. The van der Waals surface area contributed by atoms with Crippen LogP contribution in [0.1, 0.15) is 11.3 Å². The average molecular weight is 263 g/mol. The van der Waals surface area contributed by atoms with Gasteiger partial charge in [-0.05, 0) is 37.3 Å². The third-order valence-corrected chi connectivity index (χ3v) is 2.52. The molecule has 2 aromatic rings. The largest absolute Gasteiger partial charge is 0.436 e. The Morgan fingerprint density at radius 1 is 1.33 bits per heavy atom. The Morgan fingerprint density at radius 2 is 2.11 bits per heavy atom. The van der Waals surface area contributed by atoms with Crippen molar-refractivity contribution in [1.82, 2.24) is 4.98 Å². The molecular weight excluding hydrogens is 255 g/mol. The van der Waals surface area contributed by atoms with Gasteiger partial charge in [0.25, 0.3) is 0 Å². The summed E-state index contributed by atoms with van der Waals surface area (Å²) < 4.78 is 18.3. The molecular formula is C13H8ClFN2O.